The van der Waals surface area contributed by atoms with Crippen molar-refractivity contribution in [3.63, 3.8) is 0 Å². The lowest BCUT2D eigenvalue weighted by molar-refractivity contribution is -0.0807. The summed E-state index contributed by atoms with van der Waals surface area (Å²) in [6.07, 6.45) is -0.231. The first-order chi connectivity index (χ1) is 9.52. The van der Waals surface area contributed by atoms with Crippen molar-refractivity contribution in [2.45, 2.75) is 25.6 Å². The van der Waals surface area contributed by atoms with Crippen LogP contribution in [0, 0.1) is 11.2 Å². The number of hydrogen-bond donors (Lipinski definition) is 3. The lowest BCUT2D eigenvalue weighted by Crippen LogP contribution is -2.49. The number of aliphatic hydroxyl groups is 1. The van der Waals surface area contributed by atoms with E-state index in [2.05, 4.69) is 4.90 Å². The normalized spacial score (nSPS) is 23.8. The van der Waals surface area contributed by atoms with Crippen LogP contribution in [-0.2, 0) is 11.3 Å². The number of nitrogens with one attached hydrogen (secondary N) is 1. The molecule has 6 heteroatoms. The zero-order chi connectivity index (χ0) is 14.7. The highest BCUT2D eigenvalue weighted by molar-refractivity contribution is 5.95. The molecule has 0 radical (unpaired) electrons. The summed E-state index contributed by atoms with van der Waals surface area (Å²) in [6.45, 7) is 3.44. The number of rotatable bonds is 4. The Morgan fingerprint density at radius 2 is 2.35 bits per heavy atom. The molecule has 0 saturated carbocycles. The Morgan fingerprint density at radius 1 is 1.60 bits per heavy atom. The van der Waals surface area contributed by atoms with E-state index in [1.165, 1.54) is 6.07 Å². The van der Waals surface area contributed by atoms with Crippen LogP contribution in [0.15, 0.2) is 18.2 Å². The number of ether oxygens (including phenoxy) is 1. The van der Waals surface area contributed by atoms with Crippen LogP contribution < -0.4 is 5.73 Å². The molecule has 0 aromatic heterocycles. The summed E-state index contributed by atoms with van der Waals surface area (Å²) in [5.41, 5.74) is 5.99. The summed E-state index contributed by atoms with van der Waals surface area (Å²) in [5, 5.41) is 16.5. The van der Waals surface area contributed by atoms with Crippen LogP contribution in [0.4, 0.5) is 4.39 Å². The van der Waals surface area contributed by atoms with Crippen molar-refractivity contribution in [2.75, 3.05) is 19.8 Å². The van der Waals surface area contributed by atoms with E-state index in [1.54, 1.807) is 12.1 Å². The van der Waals surface area contributed by atoms with Crippen LogP contribution in [0.25, 0.3) is 0 Å². The second kappa shape index (κ2) is 6.30. The Bertz CT molecular complexity index is 495. The molecule has 2 unspecified atom stereocenters. The number of hydrogen-bond acceptors (Lipinski definition) is 4. The third-order valence-electron chi connectivity index (χ3n) is 3.58. The smallest absolute Gasteiger partial charge is 0.138 e. The van der Waals surface area contributed by atoms with Crippen molar-refractivity contribution >= 4 is 5.84 Å². The number of aliphatic hydroxyl groups excluding tert-OH is 1. The first-order valence-corrected chi connectivity index (χ1v) is 6.61. The zero-order valence-corrected chi connectivity index (χ0v) is 11.5. The minimum Gasteiger partial charge on any atom is -0.394 e. The highest BCUT2D eigenvalue weighted by atomic mass is 19.1. The molecular formula is C14H20FN3O2. The first-order valence-electron chi connectivity index (χ1n) is 6.61. The van der Waals surface area contributed by atoms with Gasteiger partial charge in [-0.25, -0.2) is 4.39 Å². The van der Waals surface area contributed by atoms with Gasteiger partial charge in [0.05, 0.1) is 24.9 Å². The van der Waals surface area contributed by atoms with Crippen LogP contribution in [0.3, 0.4) is 0 Å². The number of morpholine rings is 1. The third kappa shape index (κ3) is 3.15. The highest BCUT2D eigenvalue weighted by Gasteiger charge is 2.26. The molecule has 1 saturated heterocycles. The summed E-state index contributed by atoms with van der Waals surface area (Å²) in [4.78, 5) is 2.06. The Morgan fingerprint density at radius 3 is 3.00 bits per heavy atom. The molecule has 0 bridgehead atoms. The molecular weight excluding hydrogens is 261 g/mol. The van der Waals surface area contributed by atoms with Gasteiger partial charge in [0, 0.05) is 24.7 Å². The quantitative estimate of drug-likeness (QED) is 0.560. The molecule has 0 spiro atoms. The molecule has 1 aromatic carbocycles. The molecule has 1 aliphatic heterocycles. The monoisotopic (exact) mass is 281 g/mol. The van der Waals surface area contributed by atoms with Crippen LogP contribution in [0.1, 0.15) is 18.1 Å². The molecule has 1 fully saturated rings. The second-order valence-electron chi connectivity index (χ2n) is 5.11. The SMILES string of the molecule is CC1COC(CO)CN1Cc1cccc(C(=N)N)c1F. The fraction of sp³-hybridized carbons (Fsp3) is 0.500. The molecule has 5 nitrogen and oxygen atoms in total. The highest BCUT2D eigenvalue weighted by Crippen LogP contribution is 2.19. The minimum atomic E-state index is -0.445. The van der Waals surface area contributed by atoms with Crippen LogP contribution in [0.5, 0.6) is 0 Å². The number of nitrogens with zero attached hydrogens (tertiary/aromatic N) is 1. The van der Waals surface area contributed by atoms with Crippen molar-refractivity contribution in [2.24, 2.45) is 5.73 Å². The Balaban J connectivity index is 2.16. The summed E-state index contributed by atoms with van der Waals surface area (Å²) in [7, 11) is 0. The Labute approximate surface area is 117 Å². The molecule has 0 amide bonds. The van der Waals surface area contributed by atoms with Gasteiger partial charge in [0.25, 0.3) is 0 Å². The van der Waals surface area contributed by atoms with E-state index in [4.69, 9.17) is 21.0 Å². The van der Waals surface area contributed by atoms with Crippen molar-refractivity contribution in [3.8, 4) is 0 Å². The van der Waals surface area contributed by atoms with Crippen molar-refractivity contribution in [3.05, 3.63) is 35.1 Å². The van der Waals surface area contributed by atoms with E-state index in [1.807, 2.05) is 6.92 Å². The van der Waals surface area contributed by atoms with E-state index in [0.717, 1.165) is 0 Å². The lowest BCUT2D eigenvalue weighted by atomic mass is 10.1. The van der Waals surface area contributed by atoms with E-state index in [-0.39, 0.29) is 30.2 Å². The van der Waals surface area contributed by atoms with Crippen molar-refractivity contribution in [1.82, 2.24) is 4.90 Å². The lowest BCUT2D eigenvalue weighted by Gasteiger charge is -2.37. The molecule has 1 aliphatic rings. The van der Waals surface area contributed by atoms with Gasteiger partial charge in [0.1, 0.15) is 11.7 Å². The van der Waals surface area contributed by atoms with Gasteiger partial charge < -0.3 is 15.6 Å². The van der Waals surface area contributed by atoms with Crippen LogP contribution >= 0.6 is 0 Å². The van der Waals surface area contributed by atoms with Gasteiger partial charge in [-0.3, -0.25) is 10.3 Å². The van der Waals surface area contributed by atoms with Crippen molar-refractivity contribution < 1.29 is 14.2 Å². The molecule has 20 heavy (non-hydrogen) atoms. The maximum atomic E-state index is 14.3. The van der Waals surface area contributed by atoms with Gasteiger partial charge in [-0.05, 0) is 13.0 Å². The predicted octanol–water partition coefficient (Wildman–Crippen LogP) is 0.691. The van der Waals surface area contributed by atoms with Gasteiger partial charge in [-0.1, -0.05) is 12.1 Å². The van der Waals surface area contributed by atoms with Crippen LogP contribution in [0.2, 0.25) is 0 Å². The summed E-state index contributed by atoms with van der Waals surface area (Å²) in [5.74, 6) is -0.716. The third-order valence-corrected chi connectivity index (χ3v) is 3.58. The summed E-state index contributed by atoms with van der Waals surface area (Å²) in [6, 6.07) is 5.04. The summed E-state index contributed by atoms with van der Waals surface area (Å²) >= 11 is 0. The van der Waals surface area contributed by atoms with E-state index in [0.29, 0.717) is 25.3 Å². The van der Waals surface area contributed by atoms with Gasteiger partial charge in [-0.2, -0.15) is 0 Å². The minimum absolute atomic E-state index is 0.0425. The molecule has 4 N–H and O–H groups in total. The number of nitrogens with two attached hydrogens (primary N) is 1. The van der Waals surface area contributed by atoms with Gasteiger partial charge >= 0.3 is 0 Å². The van der Waals surface area contributed by atoms with Gasteiger partial charge in [0.15, 0.2) is 0 Å². The molecule has 2 rings (SSSR count). The fourth-order valence-electron chi connectivity index (χ4n) is 2.33. The average molecular weight is 281 g/mol. The molecule has 110 valence electrons. The van der Waals surface area contributed by atoms with Crippen molar-refractivity contribution in [1.29, 1.82) is 5.41 Å². The van der Waals surface area contributed by atoms with E-state index in [9.17, 15) is 4.39 Å². The molecule has 2 atom stereocenters. The van der Waals surface area contributed by atoms with E-state index < -0.39 is 5.82 Å². The molecule has 1 aromatic rings. The molecule has 1 heterocycles. The number of halogens is 1. The van der Waals surface area contributed by atoms with E-state index >= 15 is 0 Å². The fourth-order valence-corrected chi connectivity index (χ4v) is 2.33. The first kappa shape index (κ1) is 14.9. The van der Waals surface area contributed by atoms with Gasteiger partial charge in [0.2, 0.25) is 0 Å². The molecule has 0 aliphatic carbocycles. The van der Waals surface area contributed by atoms with Crippen LogP contribution in [-0.4, -0.2) is 47.7 Å². The topological polar surface area (TPSA) is 82.6 Å². The largest absolute Gasteiger partial charge is 0.394 e. The number of benzene rings is 1. The summed E-state index contributed by atoms with van der Waals surface area (Å²) < 4.78 is 19.7. The average Bonchev–Trinajstić information content (AvgIpc) is 2.43. The number of nitrogen functional groups attached to an aromatic ring is 1. The van der Waals surface area contributed by atoms with Gasteiger partial charge in [-0.15, -0.1) is 0 Å². The predicted molar refractivity (Wildman–Crippen MR) is 74.1 cm³/mol. The standard InChI is InChI=1S/C14H20FN3O2/c1-9-8-20-11(7-19)6-18(9)5-10-3-2-4-12(13(10)15)14(16)17/h2-4,9,11,19H,5-8H2,1H3,(H3,16,17). The number of amidine groups is 1. The Hall–Kier alpha value is -1.50. The maximum absolute atomic E-state index is 14.3. The maximum Gasteiger partial charge on any atom is 0.138 e. The second-order valence-corrected chi connectivity index (χ2v) is 5.11. The Kier molecular flexibility index (Phi) is 4.69. The zero-order valence-electron chi connectivity index (χ0n) is 11.5.